The highest BCUT2D eigenvalue weighted by Gasteiger charge is 2.14. The number of ether oxygens (including phenoxy) is 1. The molecule has 0 spiro atoms. The van der Waals surface area contributed by atoms with Crippen molar-refractivity contribution >= 4 is 44.8 Å². The van der Waals surface area contributed by atoms with E-state index in [1.165, 1.54) is 0 Å². The topological polar surface area (TPSA) is 21.3 Å². The zero-order chi connectivity index (χ0) is 14.7. The standard InChI is InChI=1S/C15H14BrCl2NO/c1-9(11-5-3-4-6-13(11)18)19-14-8-10(17)7-12(16)15(14)20-2/h3-9,19H,1-2H3. The van der Waals surface area contributed by atoms with Crippen molar-refractivity contribution in [2.24, 2.45) is 0 Å². The van der Waals surface area contributed by atoms with Gasteiger partial charge in [-0.2, -0.15) is 0 Å². The summed E-state index contributed by atoms with van der Waals surface area (Å²) in [5, 5.41) is 4.74. The molecule has 1 atom stereocenters. The predicted octanol–water partition coefficient (Wildman–Crippen LogP) is 5.94. The molecule has 1 unspecified atom stereocenters. The molecule has 20 heavy (non-hydrogen) atoms. The van der Waals surface area contributed by atoms with Crippen LogP contribution in [0.3, 0.4) is 0 Å². The summed E-state index contributed by atoms with van der Waals surface area (Å²) in [6, 6.07) is 11.4. The molecular weight excluding hydrogens is 361 g/mol. The maximum atomic E-state index is 6.21. The lowest BCUT2D eigenvalue weighted by molar-refractivity contribution is 0.413. The Kier molecular flexibility index (Phi) is 5.19. The fourth-order valence-corrected chi connectivity index (χ4v) is 3.28. The molecule has 0 heterocycles. The Balaban J connectivity index is 2.33. The van der Waals surface area contributed by atoms with Crippen molar-refractivity contribution in [1.82, 2.24) is 0 Å². The maximum absolute atomic E-state index is 6.21. The first-order valence-electron chi connectivity index (χ1n) is 6.07. The Bertz CT molecular complexity index is 619. The minimum Gasteiger partial charge on any atom is -0.493 e. The van der Waals surface area contributed by atoms with Gasteiger partial charge in [0.1, 0.15) is 0 Å². The summed E-state index contributed by atoms with van der Waals surface area (Å²) in [4.78, 5) is 0. The molecule has 2 nitrogen and oxygen atoms in total. The third-order valence-electron chi connectivity index (χ3n) is 2.96. The fraction of sp³-hybridized carbons (Fsp3) is 0.200. The van der Waals surface area contributed by atoms with Crippen LogP contribution >= 0.6 is 39.1 Å². The van der Waals surface area contributed by atoms with Gasteiger partial charge in [0.2, 0.25) is 0 Å². The van der Waals surface area contributed by atoms with E-state index in [-0.39, 0.29) is 6.04 Å². The molecule has 106 valence electrons. The van der Waals surface area contributed by atoms with Crippen LogP contribution in [0.1, 0.15) is 18.5 Å². The fourth-order valence-electron chi connectivity index (χ4n) is 2.01. The Morgan fingerprint density at radius 2 is 1.90 bits per heavy atom. The summed E-state index contributed by atoms with van der Waals surface area (Å²) >= 11 is 15.7. The molecule has 2 rings (SSSR count). The van der Waals surface area contributed by atoms with Gasteiger partial charge in [0.05, 0.1) is 23.3 Å². The molecule has 0 bridgehead atoms. The SMILES string of the molecule is COc1c(Br)cc(Cl)cc1NC(C)c1ccccc1Cl. The van der Waals surface area contributed by atoms with E-state index in [0.29, 0.717) is 10.8 Å². The zero-order valence-electron chi connectivity index (χ0n) is 11.1. The first-order chi connectivity index (χ1) is 9.52. The maximum Gasteiger partial charge on any atom is 0.156 e. The average Bonchev–Trinajstić information content (AvgIpc) is 2.38. The third-order valence-corrected chi connectivity index (χ3v) is 4.11. The largest absolute Gasteiger partial charge is 0.493 e. The van der Waals surface area contributed by atoms with E-state index in [9.17, 15) is 0 Å². The van der Waals surface area contributed by atoms with Gasteiger partial charge in [-0.3, -0.25) is 0 Å². The van der Waals surface area contributed by atoms with Gasteiger partial charge in [0, 0.05) is 10.0 Å². The van der Waals surface area contributed by atoms with Crippen molar-refractivity contribution < 1.29 is 4.74 Å². The van der Waals surface area contributed by atoms with Gasteiger partial charge in [-0.1, -0.05) is 41.4 Å². The molecule has 0 amide bonds. The highest BCUT2D eigenvalue weighted by Crippen LogP contribution is 2.38. The Labute approximate surface area is 137 Å². The van der Waals surface area contributed by atoms with Crippen molar-refractivity contribution in [1.29, 1.82) is 0 Å². The van der Waals surface area contributed by atoms with Crippen LogP contribution in [-0.2, 0) is 0 Å². The van der Waals surface area contributed by atoms with Crippen LogP contribution in [0.2, 0.25) is 10.0 Å². The minimum absolute atomic E-state index is 0.0305. The van der Waals surface area contributed by atoms with Crippen LogP contribution in [-0.4, -0.2) is 7.11 Å². The lowest BCUT2D eigenvalue weighted by Gasteiger charge is -2.20. The summed E-state index contributed by atoms with van der Waals surface area (Å²) in [5.74, 6) is 0.716. The smallest absolute Gasteiger partial charge is 0.156 e. The molecule has 0 aliphatic carbocycles. The van der Waals surface area contributed by atoms with Crippen molar-refractivity contribution in [3.63, 3.8) is 0 Å². The van der Waals surface area contributed by atoms with E-state index >= 15 is 0 Å². The van der Waals surface area contributed by atoms with E-state index < -0.39 is 0 Å². The average molecular weight is 375 g/mol. The first-order valence-corrected chi connectivity index (χ1v) is 7.61. The van der Waals surface area contributed by atoms with Crippen molar-refractivity contribution in [2.75, 3.05) is 12.4 Å². The number of methoxy groups -OCH3 is 1. The molecule has 0 radical (unpaired) electrons. The molecule has 0 aliphatic heterocycles. The highest BCUT2D eigenvalue weighted by atomic mass is 79.9. The third kappa shape index (κ3) is 3.40. The normalized spacial score (nSPS) is 12.1. The van der Waals surface area contributed by atoms with E-state index in [1.54, 1.807) is 13.2 Å². The number of hydrogen-bond donors (Lipinski definition) is 1. The van der Waals surface area contributed by atoms with Crippen LogP contribution < -0.4 is 10.1 Å². The van der Waals surface area contributed by atoms with Crippen molar-refractivity contribution in [2.45, 2.75) is 13.0 Å². The molecule has 0 saturated heterocycles. The molecule has 5 heteroatoms. The van der Waals surface area contributed by atoms with Gasteiger partial charge in [-0.25, -0.2) is 0 Å². The van der Waals surface area contributed by atoms with Crippen LogP contribution in [0.4, 0.5) is 5.69 Å². The monoisotopic (exact) mass is 373 g/mol. The number of nitrogens with one attached hydrogen (secondary N) is 1. The second-order valence-corrected chi connectivity index (χ2v) is 6.05. The van der Waals surface area contributed by atoms with Crippen molar-refractivity contribution in [3.05, 3.63) is 56.5 Å². The van der Waals surface area contributed by atoms with E-state index in [2.05, 4.69) is 21.2 Å². The number of anilines is 1. The van der Waals surface area contributed by atoms with Gasteiger partial charge in [0.15, 0.2) is 5.75 Å². The number of rotatable bonds is 4. The molecule has 0 saturated carbocycles. The lowest BCUT2D eigenvalue weighted by Crippen LogP contribution is -2.08. The molecule has 0 aromatic heterocycles. The van der Waals surface area contributed by atoms with Gasteiger partial charge in [-0.05, 0) is 46.6 Å². The molecule has 2 aromatic carbocycles. The quantitative estimate of drug-likeness (QED) is 0.715. The summed E-state index contributed by atoms with van der Waals surface area (Å²) in [7, 11) is 1.62. The molecule has 1 N–H and O–H groups in total. The molecule has 0 fully saturated rings. The number of hydrogen-bond acceptors (Lipinski definition) is 2. The first kappa shape index (κ1) is 15.5. The minimum atomic E-state index is 0.0305. The van der Waals surface area contributed by atoms with E-state index in [1.807, 2.05) is 37.3 Å². The van der Waals surface area contributed by atoms with Gasteiger partial charge < -0.3 is 10.1 Å². The van der Waals surface area contributed by atoms with Crippen LogP contribution in [0.15, 0.2) is 40.9 Å². The van der Waals surface area contributed by atoms with Crippen LogP contribution in [0.5, 0.6) is 5.75 Å². The Hall–Kier alpha value is -0.900. The summed E-state index contributed by atoms with van der Waals surface area (Å²) in [6.07, 6.45) is 0. The van der Waals surface area contributed by atoms with Gasteiger partial charge in [0.25, 0.3) is 0 Å². The Morgan fingerprint density at radius 3 is 2.55 bits per heavy atom. The highest BCUT2D eigenvalue weighted by molar-refractivity contribution is 9.10. The summed E-state index contributed by atoms with van der Waals surface area (Å²) in [5.41, 5.74) is 1.84. The molecule has 0 aliphatic rings. The van der Waals surface area contributed by atoms with E-state index in [4.69, 9.17) is 27.9 Å². The second kappa shape index (κ2) is 6.70. The predicted molar refractivity (Wildman–Crippen MR) is 89.2 cm³/mol. The number of halogens is 3. The van der Waals surface area contributed by atoms with Crippen LogP contribution in [0, 0.1) is 0 Å². The van der Waals surface area contributed by atoms with E-state index in [0.717, 1.165) is 20.7 Å². The van der Waals surface area contributed by atoms with Gasteiger partial charge >= 0.3 is 0 Å². The van der Waals surface area contributed by atoms with Gasteiger partial charge in [-0.15, -0.1) is 0 Å². The molecular formula is C15H14BrCl2NO. The molecule has 2 aromatic rings. The number of benzene rings is 2. The summed E-state index contributed by atoms with van der Waals surface area (Å²) in [6.45, 7) is 2.04. The Morgan fingerprint density at radius 1 is 1.20 bits per heavy atom. The zero-order valence-corrected chi connectivity index (χ0v) is 14.2. The lowest BCUT2D eigenvalue weighted by atomic mass is 10.1. The van der Waals surface area contributed by atoms with Crippen molar-refractivity contribution in [3.8, 4) is 5.75 Å². The van der Waals surface area contributed by atoms with Crippen LogP contribution in [0.25, 0.3) is 0 Å². The summed E-state index contributed by atoms with van der Waals surface area (Å²) < 4.78 is 6.20. The second-order valence-electron chi connectivity index (χ2n) is 4.36.